The number of hydrogen-bond donors (Lipinski definition) is 0. The first kappa shape index (κ1) is 9.22. The molecule has 0 unspecified atom stereocenters. The molecule has 1 nitrogen and oxygen atoms in total. The second kappa shape index (κ2) is 4.25. The predicted molar refractivity (Wildman–Crippen MR) is 61.5 cm³/mol. The quantitative estimate of drug-likeness (QED) is 0.681. The van der Waals surface area contributed by atoms with Gasteiger partial charge in [-0.05, 0) is 17.7 Å². The lowest BCUT2D eigenvalue weighted by atomic mass is 10.1. The number of allylic oxidation sites excluding steroid dienone is 1. The van der Waals surface area contributed by atoms with Gasteiger partial charge in [0.05, 0.1) is 5.52 Å². The summed E-state index contributed by atoms with van der Waals surface area (Å²) in [4.78, 5) is 4.28. The molecule has 14 heavy (non-hydrogen) atoms. The molecule has 0 saturated heterocycles. The van der Waals surface area contributed by atoms with Gasteiger partial charge in [-0.2, -0.15) is 0 Å². The molecule has 0 aliphatic carbocycles. The zero-order chi connectivity index (χ0) is 9.80. The molecule has 0 amide bonds. The van der Waals surface area contributed by atoms with Crippen molar-refractivity contribution in [1.82, 2.24) is 4.98 Å². The highest BCUT2D eigenvalue weighted by atomic mass is 35.5. The van der Waals surface area contributed by atoms with Crippen molar-refractivity contribution >= 4 is 28.6 Å². The first-order valence-corrected chi connectivity index (χ1v) is 5.01. The van der Waals surface area contributed by atoms with Gasteiger partial charge in [0, 0.05) is 17.5 Å². The third kappa shape index (κ3) is 1.78. The molecule has 0 N–H and O–H groups in total. The molecule has 2 rings (SSSR count). The molecule has 70 valence electrons. The third-order valence-electron chi connectivity index (χ3n) is 2.07. The van der Waals surface area contributed by atoms with Gasteiger partial charge in [0.1, 0.15) is 0 Å². The van der Waals surface area contributed by atoms with E-state index < -0.39 is 0 Å². The second-order valence-corrected chi connectivity index (χ2v) is 3.28. The van der Waals surface area contributed by atoms with Crippen molar-refractivity contribution in [2.75, 3.05) is 5.88 Å². The van der Waals surface area contributed by atoms with Crippen molar-refractivity contribution in [3.8, 4) is 0 Å². The fourth-order valence-electron chi connectivity index (χ4n) is 1.43. The Morgan fingerprint density at radius 2 is 2.07 bits per heavy atom. The van der Waals surface area contributed by atoms with E-state index >= 15 is 0 Å². The predicted octanol–water partition coefficient (Wildman–Crippen LogP) is 3.49. The van der Waals surface area contributed by atoms with E-state index in [9.17, 15) is 0 Å². The number of nitrogens with zero attached hydrogens (tertiary/aromatic N) is 1. The van der Waals surface area contributed by atoms with Crippen LogP contribution in [0.25, 0.3) is 17.0 Å². The second-order valence-electron chi connectivity index (χ2n) is 2.97. The van der Waals surface area contributed by atoms with E-state index in [0.717, 1.165) is 16.5 Å². The molecule has 1 heterocycles. The fraction of sp³-hybridized carbons (Fsp3) is 0.0833. The first-order chi connectivity index (χ1) is 6.92. The normalized spacial score (nSPS) is 11.2. The number of benzene rings is 1. The summed E-state index contributed by atoms with van der Waals surface area (Å²) in [6.07, 6.45) is 5.77. The van der Waals surface area contributed by atoms with Crippen LogP contribution in [0.15, 0.2) is 42.6 Å². The van der Waals surface area contributed by atoms with Crippen LogP contribution >= 0.6 is 11.6 Å². The molecule has 2 heteroatoms. The average Bonchev–Trinajstić information content (AvgIpc) is 2.26. The minimum Gasteiger partial charge on any atom is -0.256 e. The molecule has 0 saturated carbocycles. The first-order valence-electron chi connectivity index (χ1n) is 4.48. The number of alkyl halides is 1. The minimum atomic E-state index is 0.538. The van der Waals surface area contributed by atoms with Crippen LogP contribution < -0.4 is 0 Å². The molecule has 1 aromatic heterocycles. The van der Waals surface area contributed by atoms with Crippen molar-refractivity contribution in [3.05, 3.63) is 48.2 Å². The molecule has 2 aromatic rings. The van der Waals surface area contributed by atoms with Gasteiger partial charge in [-0.25, -0.2) is 0 Å². The van der Waals surface area contributed by atoms with Crippen LogP contribution in [-0.4, -0.2) is 10.9 Å². The Kier molecular flexibility index (Phi) is 2.80. The minimum absolute atomic E-state index is 0.538. The summed E-state index contributed by atoms with van der Waals surface area (Å²) in [5.74, 6) is 0.538. The number of aromatic nitrogens is 1. The molecule has 0 aliphatic rings. The Hall–Kier alpha value is -1.34. The molecular formula is C12H10ClN. The molecule has 0 radical (unpaired) electrons. The lowest BCUT2D eigenvalue weighted by molar-refractivity contribution is 1.40. The summed E-state index contributed by atoms with van der Waals surface area (Å²) in [6, 6.07) is 10.1. The highest BCUT2D eigenvalue weighted by Crippen LogP contribution is 2.17. The monoisotopic (exact) mass is 203 g/mol. The van der Waals surface area contributed by atoms with E-state index in [-0.39, 0.29) is 0 Å². The van der Waals surface area contributed by atoms with Crippen molar-refractivity contribution in [2.24, 2.45) is 0 Å². The smallest absolute Gasteiger partial charge is 0.0707 e. The average molecular weight is 204 g/mol. The number of para-hydroxylation sites is 1. The maximum atomic E-state index is 5.60. The summed E-state index contributed by atoms with van der Waals surface area (Å²) in [5.41, 5.74) is 2.18. The SMILES string of the molecule is ClCC=Cc1ccnc2ccccc12. The summed E-state index contributed by atoms with van der Waals surface area (Å²) in [5, 5.41) is 1.16. The number of hydrogen-bond acceptors (Lipinski definition) is 1. The largest absolute Gasteiger partial charge is 0.256 e. The topological polar surface area (TPSA) is 12.9 Å². The fourth-order valence-corrected chi connectivity index (χ4v) is 1.52. The summed E-state index contributed by atoms with van der Waals surface area (Å²) >= 11 is 5.60. The van der Waals surface area contributed by atoms with Crippen molar-refractivity contribution in [3.63, 3.8) is 0 Å². The molecular weight excluding hydrogens is 194 g/mol. The van der Waals surface area contributed by atoms with Crippen molar-refractivity contribution in [2.45, 2.75) is 0 Å². The van der Waals surface area contributed by atoms with Crippen molar-refractivity contribution in [1.29, 1.82) is 0 Å². The Labute approximate surface area is 88.0 Å². The lowest BCUT2D eigenvalue weighted by Gasteiger charge is -1.99. The maximum absolute atomic E-state index is 5.60. The molecule has 0 atom stereocenters. The maximum Gasteiger partial charge on any atom is 0.0707 e. The van der Waals surface area contributed by atoms with Crippen LogP contribution in [0.3, 0.4) is 0 Å². The summed E-state index contributed by atoms with van der Waals surface area (Å²) < 4.78 is 0. The van der Waals surface area contributed by atoms with E-state index in [0.29, 0.717) is 5.88 Å². The molecule has 0 bridgehead atoms. The molecule has 0 fully saturated rings. The Morgan fingerprint density at radius 1 is 1.21 bits per heavy atom. The van der Waals surface area contributed by atoms with Crippen LogP contribution in [0.1, 0.15) is 5.56 Å². The van der Waals surface area contributed by atoms with Crippen LogP contribution in [-0.2, 0) is 0 Å². The summed E-state index contributed by atoms with van der Waals surface area (Å²) in [6.45, 7) is 0. The van der Waals surface area contributed by atoms with Gasteiger partial charge in [-0.1, -0.05) is 30.4 Å². The van der Waals surface area contributed by atoms with Gasteiger partial charge in [-0.3, -0.25) is 4.98 Å². The van der Waals surface area contributed by atoms with Crippen LogP contribution in [0.5, 0.6) is 0 Å². The highest BCUT2D eigenvalue weighted by molar-refractivity contribution is 6.19. The van der Waals surface area contributed by atoms with Gasteiger partial charge >= 0.3 is 0 Å². The van der Waals surface area contributed by atoms with E-state index in [1.807, 2.05) is 42.6 Å². The van der Waals surface area contributed by atoms with E-state index in [4.69, 9.17) is 11.6 Å². The number of rotatable bonds is 2. The molecule has 0 spiro atoms. The van der Waals surface area contributed by atoms with Crippen LogP contribution in [0.2, 0.25) is 0 Å². The van der Waals surface area contributed by atoms with Crippen LogP contribution in [0.4, 0.5) is 0 Å². The number of halogens is 1. The Morgan fingerprint density at radius 3 is 2.93 bits per heavy atom. The number of pyridine rings is 1. The zero-order valence-electron chi connectivity index (χ0n) is 7.65. The summed E-state index contributed by atoms with van der Waals surface area (Å²) in [7, 11) is 0. The van der Waals surface area contributed by atoms with E-state index in [1.54, 1.807) is 0 Å². The van der Waals surface area contributed by atoms with Gasteiger partial charge in [-0.15, -0.1) is 11.6 Å². The lowest BCUT2D eigenvalue weighted by Crippen LogP contribution is -1.81. The Bertz CT molecular complexity index is 457. The van der Waals surface area contributed by atoms with Gasteiger partial charge < -0.3 is 0 Å². The van der Waals surface area contributed by atoms with Gasteiger partial charge in [0.25, 0.3) is 0 Å². The van der Waals surface area contributed by atoms with Gasteiger partial charge in [0.15, 0.2) is 0 Å². The molecule has 0 aliphatic heterocycles. The zero-order valence-corrected chi connectivity index (χ0v) is 8.41. The standard InChI is InChI=1S/C12H10ClN/c13-8-3-4-10-7-9-14-12-6-2-1-5-11(10)12/h1-7,9H,8H2. The van der Waals surface area contributed by atoms with Gasteiger partial charge in [0.2, 0.25) is 0 Å². The van der Waals surface area contributed by atoms with E-state index in [2.05, 4.69) is 11.1 Å². The third-order valence-corrected chi connectivity index (χ3v) is 2.25. The number of fused-ring (bicyclic) bond motifs is 1. The van der Waals surface area contributed by atoms with E-state index in [1.165, 1.54) is 0 Å². The van der Waals surface area contributed by atoms with Crippen LogP contribution in [0, 0.1) is 0 Å². The molecule has 1 aromatic carbocycles. The highest BCUT2D eigenvalue weighted by Gasteiger charge is 1.96. The Balaban J connectivity index is 2.59. The van der Waals surface area contributed by atoms with Crippen molar-refractivity contribution < 1.29 is 0 Å².